The Labute approximate surface area is 150 Å². The molecule has 136 valence electrons. The van der Waals surface area contributed by atoms with E-state index in [9.17, 15) is 13.2 Å². The Hall–Kier alpha value is -3.56. The smallest absolute Gasteiger partial charge is 0.314 e. The quantitative estimate of drug-likeness (QED) is 0.533. The Morgan fingerprint density at radius 2 is 1.89 bits per heavy atom. The van der Waals surface area contributed by atoms with Gasteiger partial charge in [-0.2, -0.15) is 19.0 Å². The number of halogens is 3. The highest BCUT2D eigenvalue weighted by Gasteiger charge is 2.18. The van der Waals surface area contributed by atoms with Crippen LogP contribution in [0.25, 0.3) is 22.8 Å². The van der Waals surface area contributed by atoms with Crippen molar-refractivity contribution in [1.29, 1.82) is 0 Å². The molecule has 0 aliphatic carbocycles. The van der Waals surface area contributed by atoms with Gasteiger partial charge in [0.25, 0.3) is 5.89 Å². The van der Waals surface area contributed by atoms with E-state index in [0.717, 1.165) is 6.07 Å². The summed E-state index contributed by atoms with van der Waals surface area (Å²) in [5.41, 5.74) is 1.31. The van der Waals surface area contributed by atoms with Crippen LogP contribution in [0.2, 0.25) is 0 Å². The van der Waals surface area contributed by atoms with Gasteiger partial charge in [-0.05, 0) is 30.3 Å². The van der Waals surface area contributed by atoms with E-state index in [1.54, 1.807) is 41.4 Å². The van der Waals surface area contributed by atoms with Gasteiger partial charge in [-0.15, -0.1) is 10.2 Å². The molecule has 0 saturated carbocycles. The maximum Gasteiger partial charge on any atom is 0.314 e. The van der Waals surface area contributed by atoms with E-state index in [-0.39, 0.29) is 11.5 Å². The molecular weight excluding hydrogens is 361 g/mol. The molecule has 0 spiro atoms. The predicted molar refractivity (Wildman–Crippen MR) is 87.0 cm³/mol. The molecule has 7 nitrogen and oxygen atoms in total. The van der Waals surface area contributed by atoms with Crippen LogP contribution in [0.4, 0.5) is 13.2 Å². The number of hydrogen-bond acceptors (Lipinski definition) is 6. The first-order valence-electron chi connectivity index (χ1n) is 7.81. The topological polar surface area (TPSA) is 82.5 Å². The van der Waals surface area contributed by atoms with E-state index in [1.807, 2.05) is 0 Å². The van der Waals surface area contributed by atoms with Crippen LogP contribution >= 0.6 is 0 Å². The van der Waals surface area contributed by atoms with Gasteiger partial charge in [0, 0.05) is 29.7 Å². The molecule has 3 heterocycles. The monoisotopic (exact) mass is 372 g/mol. The summed E-state index contributed by atoms with van der Waals surface area (Å²) >= 11 is 0. The van der Waals surface area contributed by atoms with Crippen molar-refractivity contribution in [3.63, 3.8) is 0 Å². The molecule has 0 aliphatic heterocycles. The van der Waals surface area contributed by atoms with Crippen molar-refractivity contribution < 1.29 is 17.6 Å². The lowest BCUT2D eigenvalue weighted by molar-refractivity contribution is 0.116. The van der Waals surface area contributed by atoms with Crippen LogP contribution in [0.1, 0.15) is 18.0 Å². The molecule has 4 rings (SSSR count). The van der Waals surface area contributed by atoms with Crippen LogP contribution < -0.4 is 0 Å². The summed E-state index contributed by atoms with van der Waals surface area (Å²) in [7, 11) is 0. The lowest BCUT2D eigenvalue weighted by atomic mass is 10.1. The Balaban J connectivity index is 1.71. The van der Waals surface area contributed by atoms with Crippen molar-refractivity contribution >= 4 is 0 Å². The molecule has 0 radical (unpaired) electrons. The largest absolute Gasteiger partial charge is 0.415 e. The molecule has 0 bridgehead atoms. The zero-order valence-electron chi connectivity index (χ0n) is 13.6. The third-order valence-corrected chi connectivity index (χ3v) is 3.71. The van der Waals surface area contributed by atoms with Gasteiger partial charge in [-0.3, -0.25) is 0 Å². The van der Waals surface area contributed by atoms with Crippen LogP contribution in [0.5, 0.6) is 0 Å². The molecule has 0 aliphatic rings. The van der Waals surface area contributed by atoms with Gasteiger partial charge in [0.1, 0.15) is 11.6 Å². The Bertz CT molecular complexity index is 1060. The highest BCUT2D eigenvalue weighted by Crippen LogP contribution is 2.28. The molecule has 3 aromatic heterocycles. The molecule has 0 fully saturated rings. The molecule has 0 N–H and O–H groups in total. The predicted octanol–water partition coefficient (Wildman–Crippen LogP) is 3.52. The highest BCUT2D eigenvalue weighted by atomic mass is 19.3. The summed E-state index contributed by atoms with van der Waals surface area (Å²) in [6.45, 7) is 0.380. The molecular formula is C17H11F3N6O. The number of nitrogens with zero attached hydrogens (tertiary/aromatic N) is 6. The van der Waals surface area contributed by atoms with E-state index in [2.05, 4.69) is 25.4 Å². The van der Waals surface area contributed by atoms with Crippen molar-refractivity contribution in [3.05, 3.63) is 66.3 Å². The second-order valence-corrected chi connectivity index (χ2v) is 5.57. The van der Waals surface area contributed by atoms with Gasteiger partial charge in [0.2, 0.25) is 5.89 Å². The minimum absolute atomic E-state index is 0.179. The van der Waals surface area contributed by atoms with Crippen LogP contribution in [0.3, 0.4) is 0 Å². The zero-order chi connectivity index (χ0) is 18.8. The van der Waals surface area contributed by atoms with E-state index in [0.29, 0.717) is 23.6 Å². The van der Waals surface area contributed by atoms with Gasteiger partial charge in [-0.1, -0.05) is 0 Å². The average Bonchev–Trinajstić information content (AvgIpc) is 3.32. The molecule has 0 saturated heterocycles. The van der Waals surface area contributed by atoms with Gasteiger partial charge < -0.3 is 8.98 Å². The number of hydrogen-bond donors (Lipinski definition) is 0. The normalized spacial score (nSPS) is 11.3. The first kappa shape index (κ1) is 16.9. The maximum absolute atomic E-state index is 14.1. The molecule has 0 unspecified atom stereocenters. The SMILES string of the molecule is Fc1cc(-c2nnc(C(F)F)o2)cc(-c2nccn2Cc2cccnn2)c1. The minimum Gasteiger partial charge on any atom is -0.415 e. The van der Waals surface area contributed by atoms with E-state index in [1.165, 1.54) is 6.07 Å². The molecule has 10 heteroatoms. The van der Waals surface area contributed by atoms with Crippen LogP contribution in [0, 0.1) is 5.82 Å². The first-order chi connectivity index (χ1) is 13.1. The van der Waals surface area contributed by atoms with Crippen molar-refractivity contribution in [2.45, 2.75) is 13.0 Å². The average molecular weight is 372 g/mol. The summed E-state index contributed by atoms with van der Waals surface area (Å²) in [5.74, 6) is -1.14. The van der Waals surface area contributed by atoms with Gasteiger partial charge in [0.15, 0.2) is 0 Å². The van der Waals surface area contributed by atoms with Crippen molar-refractivity contribution in [1.82, 2.24) is 29.9 Å². The van der Waals surface area contributed by atoms with Crippen LogP contribution in [-0.2, 0) is 6.54 Å². The van der Waals surface area contributed by atoms with Crippen molar-refractivity contribution in [3.8, 4) is 22.8 Å². The molecule has 0 atom stereocenters. The van der Waals surface area contributed by atoms with E-state index >= 15 is 0 Å². The van der Waals surface area contributed by atoms with E-state index in [4.69, 9.17) is 4.42 Å². The van der Waals surface area contributed by atoms with Gasteiger partial charge in [-0.25, -0.2) is 9.37 Å². The highest BCUT2D eigenvalue weighted by molar-refractivity contribution is 5.65. The number of benzene rings is 1. The summed E-state index contributed by atoms with van der Waals surface area (Å²) in [6, 6.07) is 7.51. The molecule has 1 aromatic carbocycles. The third kappa shape index (κ3) is 3.54. The summed E-state index contributed by atoms with van der Waals surface area (Å²) < 4.78 is 46.1. The van der Waals surface area contributed by atoms with E-state index < -0.39 is 18.1 Å². The van der Waals surface area contributed by atoms with Crippen LogP contribution in [-0.4, -0.2) is 29.9 Å². The van der Waals surface area contributed by atoms with Gasteiger partial charge >= 0.3 is 6.43 Å². The number of alkyl halides is 2. The fourth-order valence-electron chi connectivity index (χ4n) is 2.57. The Morgan fingerprint density at radius 3 is 2.63 bits per heavy atom. The number of imidazole rings is 1. The molecule has 0 amide bonds. The Morgan fingerprint density at radius 1 is 1.04 bits per heavy atom. The lowest BCUT2D eigenvalue weighted by Crippen LogP contribution is -2.03. The maximum atomic E-state index is 14.1. The van der Waals surface area contributed by atoms with Crippen LogP contribution in [0.15, 0.2) is 53.3 Å². The fraction of sp³-hybridized carbons (Fsp3) is 0.118. The standard InChI is InChI=1S/C17H11F3N6O/c18-12-7-10(6-11(8-12)16-24-25-17(27-16)14(19)20)15-21-4-5-26(15)9-13-2-1-3-22-23-13/h1-8,14H,9H2. The summed E-state index contributed by atoms with van der Waals surface area (Å²) in [4.78, 5) is 4.25. The fourth-order valence-corrected chi connectivity index (χ4v) is 2.57. The van der Waals surface area contributed by atoms with Crippen molar-refractivity contribution in [2.75, 3.05) is 0 Å². The second-order valence-electron chi connectivity index (χ2n) is 5.57. The van der Waals surface area contributed by atoms with Gasteiger partial charge in [0.05, 0.1) is 12.2 Å². The summed E-state index contributed by atoms with van der Waals surface area (Å²) in [6.07, 6.45) is 1.95. The second kappa shape index (κ2) is 6.98. The Kier molecular flexibility index (Phi) is 4.37. The molecule has 27 heavy (non-hydrogen) atoms. The molecule has 4 aromatic rings. The summed E-state index contributed by atoms with van der Waals surface area (Å²) in [5, 5.41) is 14.6. The number of aromatic nitrogens is 6. The lowest BCUT2D eigenvalue weighted by Gasteiger charge is -2.08. The van der Waals surface area contributed by atoms with Crippen molar-refractivity contribution in [2.24, 2.45) is 0 Å². The number of rotatable bonds is 5. The first-order valence-corrected chi connectivity index (χ1v) is 7.81. The minimum atomic E-state index is -2.90. The zero-order valence-corrected chi connectivity index (χ0v) is 13.6. The third-order valence-electron chi connectivity index (χ3n) is 3.71.